The zero-order valence-corrected chi connectivity index (χ0v) is 20.4. The lowest BCUT2D eigenvalue weighted by Gasteiger charge is -2.15. The summed E-state index contributed by atoms with van der Waals surface area (Å²) in [5.41, 5.74) is 0.529. The molecule has 35 heavy (non-hydrogen) atoms. The lowest BCUT2D eigenvalue weighted by Crippen LogP contribution is -2.39. The third-order valence-corrected chi connectivity index (χ3v) is 5.80. The van der Waals surface area contributed by atoms with E-state index in [2.05, 4.69) is 31.3 Å². The van der Waals surface area contributed by atoms with Gasteiger partial charge in [-0.25, -0.2) is 4.79 Å². The Balaban J connectivity index is 1.64. The summed E-state index contributed by atoms with van der Waals surface area (Å²) in [7, 11) is 0. The van der Waals surface area contributed by atoms with E-state index in [-0.39, 0.29) is 12.3 Å². The number of nitrogens with zero attached hydrogens (tertiary/aromatic N) is 2. The number of aromatic amines is 1. The van der Waals surface area contributed by atoms with Gasteiger partial charge in [-0.15, -0.1) is 0 Å². The Labute approximate surface area is 208 Å². The summed E-state index contributed by atoms with van der Waals surface area (Å²) in [6.45, 7) is 3.80. The largest absolute Gasteiger partial charge is 0.507 e. The first kappa shape index (κ1) is 24.0. The molecule has 0 atom stereocenters. The molecule has 1 amide bonds. The van der Waals surface area contributed by atoms with Gasteiger partial charge >= 0.3 is 5.69 Å². The summed E-state index contributed by atoms with van der Waals surface area (Å²) >= 11 is 3.26. The van der Waals surface area contributed by atoms with Crippen molar-refractivity contribution >= 4 is 21.8 Å². The van der Waals surface area contributed by atoms with Crippen LogP contribution in [0.4, 0.5) is 0 Å². The number of carbonyl (C=O) groups is 1. The van der Waals surface area contributed by atoms with Gasteiger partial charge in [0.1, 0.15) is 17.2 Å². The van der Waals surface area contributed by atoms with Gasteiger partial charge < -0.3 is 15.2 Å². The van der Waals surface area contributed by atoms with Crippen LogP contribution in [0.15, 0.2) is 74.7 Å². The van der Waals surface area contributed by atoms with E-state index < -0.39 is 22.9 Å². The summed E-state index contributed by atoms with van der Waals surface area (Å²) in [4.78, 5) is 39.6. The number of aryl methyl sites for hydroxylation is 2. The zero-order valence-electron chi connectivity index (χ0n) is 18.8. The maximum absolute atomic E-state index is 12.6. The highest BCUT2D eigenvalue weighted by Crippen LogP contribution is 2.34. The molecule has 4 rings (SSSR count). The van der Waals surface area contributed by atoms with Crippen LogP contribution in [0.3, 0.4) is 0 Å². The van der Waals surface area contributed by atoms with E-state index >= 15 is 0 Å². The predicted molar refractivity (Wildman–Crippen MR) is 133 cm³/mol. The molecule has 0 unspecified atom stereocenters. The van der Waals surface area contributed by atoms with E-state index in [1.807, 2.05) is 30.3 Å². The number of amides is 1. The molecule has 0 spiro atoms. The van der Waals surface area contributed by atoms with Crippen LogP contribution in [0.2, 0.25) is 0 Å². The molecule has 0 aliphatic carbocycles. The van der Waals surface area contributed by atoms with Crippen LogP contribution >= 0.6 is 15.9 Å². The molecule has 0 saturated carbocycles. The molecule has 0 aliphatic heterocycles. The second kappa shape index (κ2) is 9.98. The number of benzene rings is 3. The summed E-state index contributed by atoms with van der Waals surface area (Å²) in [5, 5.41) is 16.4. The Morgan fingerprint density at radius 3 is 2.43 bits per heavy atom. The van der Waals surface area contributed by atoms with Crippen molar-refractivity contribution in [3.8, 4) is 22.9 Å². The van der Waals surface area contributed by atoms with Gasteiger partial charge in [-0.1, -0.05) is 30.3 Å². The number of nitrogens with one attached hydrogen (secondary N) is 2. The van der Waals surface area contributed by atoms with Gasteiger partial charge in [0, 0.05) is 6.54 Å². The van der Waals surface area contributed by atoms with E-state index in [4.69, 9.17) is 4.74 Å². The third-order valence-electron chi connectivity index (χ3n) is 5.17. The van der Waals surface area contributed by atoms with Crippen LogP contribution in [0.1, 0.15) is 27.2 Å². The second-order valence-electron chi connectivity index (χ2n) is 7.81. The fourth-order valence-corrected chi connectivity index (χ4v) is 3.82. The number of aromatic nitrogens is 3. The maximum atomic E-state index is 12.6. The Morgan fingerprint density at radius 1 is 1.09 bits per heavy atom. The first-order valence-electron chi connectivity index (χ1n) is 10.6. The van der Waals surface area contributed by atoms with Crippen molar-refractivity contribution in [1.82, 2.24) is 20.1 Å². The monoisotopic (exact) mass is 536 g/mol. The number of rotatable bonds is 6. The van der Waals surface area contributed by atoms with Crippen LogP contribution in [0.5, 0.6) is 17.2 Å². The lowest BCUT2D eigenvalue weighted by molar-refractivity contribution is 0.0942. The Kier molecular flexibility index (Phi) is 6.83. The number of carbonyl (C=O) groups excluding carboxylic acids is 1. The lowest BCUT2D eigenvalue weighted by atomic mass is 10.1. The minimum atomic E-state index is -0.872. The van der Waals surface area contributed by atoms with Crippen molar-refractivity contribution in [1.29, 1.82) is 0 Å². The molecule has 0 bridgehead atoms. The SMILES string of the molecule is Cc1cc(-n2nc(C(=O)NCc3ccccc3)c(=O)[nH]c2=O)cc(C)c1Oc1ccc(O)c(Br)c1. The van der Waals surface area contributed by atoms with Crippen molar-refractivity contribution in [2.75, 3.05) is 0 Å². The molecular weight excluding hydrogens is 516 g/mol. The summed E-state index contributed by atoms with van der Waals surface area (Å²) in [6, 6.07) is 17.3. The average Bonchev–Trinajstić information content (AvgIpc) is 2.82. The number of aromatic hydroxyl groups is 1. The minimum absolute atomic E-state index is 0.0910. The molecule has 0 saturated heterocycles. The van der Waals surface area contributed by atoms with Crippen molar-refractivity contribution in [3.63, 3.8) is 0 Å². The summed E-state index contributed by atoms with van der Waals surface area (Å²) < 4.78 is 7.44. The molecule has 178 valence electrons. The van der Waals surface area contributed by atoms with Crippen LogP contribution < -0.4 is 21.3 Å². The van der Waals surface area contributed by atoms with Crippen LogP contribution in [-0.2, 0) is 6.54 Å². The number of H-pyrrole nitrogens is 1. The van der Waals surface area contributed by atoms with E-state index in [9.17, 15) is 19.5 Å². The minimum Gasteiger partial charge on any atom is -0.507 e. The van der Waals surface area contributed by atoms with Gasteiger partial charge in [0.15, 0.2) is 0 Å². The molecule has 3 N–H and O–H groups in total. The highest BCUT2D eigenvalue weighted by Gasteiger charge is 2.17. The molecule has 4 aromatic rings. The Bertz CT molecular complexity index is 1510. The average molecular weight is 537 g/mol. The topological polar surface area (TPSA) is 126 Å². The van der Waals surface area contributed by atoms with Crippen molar-refractivity contribution in [2.45, 2.75) is 20.4 Å². The number of halogens is 1. The Morgan fingerprint density at radius 2 is 1.77 bits per heavy atom. The molecule has 9 nitrogen and oxygen atoms in total. The summed E-state index contributed by atoms with van der Waals surface area (Å²) in [6.07, 6.45) is 0. The smallest absolute Gasteiger partial charge is 0.349 e. The maximum Gasteiger partial charge on any atom is 0.349 e. The van der Waals surface area contributed by atoms with Crippen LogP contribution in [0.25, 0.3) is 5.69 Å². The molecule has 0 fully saturated rings. The molecule has 1 heterocycles. The van der Waals surface area contributed by atoms with Gasteiger partial charge in [-0.2, -0.15) is 9.78 Å². The molecular formula is C25H21BrN4O5. The van der Waals surface area contributed by atoms with Crippen molar-refractivity contribution < 1.29 is 14.6 Å². The van der Waals surface area contributed by atoms with Gasteiger partial charge in [0.25, 0.3) is 11.5 Å². The van der Waals surface area contributed by atoms with Crippen LogP contribution in [-0.4, -0.2) is 25.8 Å². The highest BCUT2D eigenvalue weighted by molar-refractivity contribution is 9.10. The molecule has 0 aliphatic rings. The fraction of sp³-hybridized carbons (Fsp3) is 0.120. The molecule has 3 aromatic carbocycles. The van der Waals surface area contributed by atoms with E-state index in [0.717, 1.165) is 10.2 Å². The molecule has 10 heteroatoms. The molecule has 0 radical (unpaired) electrons. The van der Waals surface area contributed by atoms with Gasteiger partial charge in [0.05, 0.1) is 10.2 Å². The first-order valence-corrected chi connectivity index (χ1v) is 11.4. The van der Waals surface area contributed by atoms with E-state index in [1.165, 1.54) is 6.07 Å². The number of hydrogen-bond donors (Lipinski definition) is 3. The van der Waals surface area contributed by atoms with Crippen molar-refractivity contribution in [3.05, 3.63) is 108 Å². The van der Waals surface area contributed by atoms with Gasteiger partial charge in [0.2, 0.25) is 5.69 Å². The fourth-order valence-electron chi connectivity index (χ4n) is 3.47. The normalized spacial score (nSPS) is 10.7. The number of hydrogen-bond acceptors (Lipinski definition) is 6. The number of phenolic OH excluding ortho intramolecular Hbond substituents is 1. The third kappa shape index (κ3) is 5.33. The predicted octanol–water partition coefficient (Wildman–Crippen LogP) is 3.73. The second-order valence-corrected chi connectivity index (χ2v) is 8.67. The Hall–Kier alpha value is -4.18. The van der Waals surface area contributed by atoms with E-state index in [0.29, 0.717) is 32.8 Å². The number of ether oxygens (including phenoxy) is 1. The van der Waals surface area contributed by atoms with Crippen LogP contribution in [0, 0.1) is 13.8 Å². The molecule has 1 aromatic heterocycles. The first-order chi connectivity index (χ1) is 16.7. The quantitative estimate of drug-likeness (QED) is 0.344. The summed E-state index contributed by atoms with van der Waals surface area (Å²) in [5.74, 6) is 0.457. The highest BCUT2D eigenvalue weighted by atomic mass is 79.9. The van der Waals surface area contributed by atoms with E-state index in [1.54, 1.807) is 38.1 Å². The van der Waals surface area contributed by atoms with Crippen molar-refractivity contribution in [2.24, 2.45) is 0 Å². The van der Waals surface area contributed by atoms with Gasteiger partial charge in [-0.3, -0.25) is 14.6 Å². The zero-order chi connectivity index (χ0) is 25.1. The number of phenols is 1. The van der Waals surface area contributed by atoms with Gasteiger partial charge in [-0.05, 0) is 76.8 Å². The standard InChI is InChI=1S/C25H21BrN4O5/c1-14-10-17(11-15(2)22(14)35-18-8-9-20(31)19(26)12-18)30-25(34)28-24(33)21(29-30)23(32)27-13-16-6-4-3-5-7-16/h3-12,31H,13H2,1-2H3,(H,27,32)(H,28,33,34).